The molecule has 0 saturated carbocycles. The number of carbonyl (C=O) groups excluding carboxylic acids is 1. The van der Waals surface area contributed by atoms with Gasteiger partial charge in [0.05, 0.1) is 5.69 Å². The zero-order chi connectivity index (χ0) is 19.8. The fraction of sp³-hybridized carbons (Fsp3) is 0. The molecular formula is C23H16N4O2. The number of benzene rings is 2. The summed E-state index contributed by atoms with van der Waals surface area (Å²) in [7, 11) is 0. The van der Waals surface area contributed by atoms with E-state index in [2.05, 4.69) is 20.3 Å². The highest BCUT2D eigenvalue weighted by atomic mass is 16.2. The largest absolute Gasteiger partial charge is 0.361 e. The third-order valence-electron chi connectivity index (χ3n) is 4.95. The molecule has 0 spiro atoms. The highest BCUT2D eigenvalue weighted by molar-refractivity contribution is 6.08. The van der Waals surface area contributed by atoms with Crippen LogP contribution in [0.5, 0.6) is 0 Å². The molecule has 5 aromatic rings. The van der Waals surface area contributed by atoms with Crippen molar-refractivity contribution in [1.29, 1.82) is 0 Å². The van der Waals surface area contributed by atoms with Gasteiger partial charge >= 0.3 is 0 Å². The number of nitrogens with zero attached hydrogens (tertiary/aromatic N) is 1. The molecule has 0 aliphatic carbocycles. The van der Waals surface area contributed by atoms with Crippen LogP contribution in [0.15, 0.2) is 84.2 Å². The van der Waals surface area contributed by atoms with E-state index in [1.54, 1.807) is 30.6 Å². The first-order valence-electron chi connectivity index (χ1n) is 9.14. The van der Waals surface area contributed by atoms with E-state index < -0.39 is 5.91 Å². The van der Waals surface area contributed by atoms with Gasteiger partial charge < -0.3 is 15.3 Å². The summed E-state index contributed by atoms with van der Waals surface area (Å²) >= 11 is 0. The van der Waals surface area contributed by atoms with E-state index in [4.69, 9.17) is 0 Å². The zero-order valence-electron chi connectivity index (χ0n) is 15.3. The first-order chi connectivity index (χ1) is 14.2. The van der Waals surface area contributed by atoms with Crippen molar-refractivity contribution >= 4 is 33.4 Å². The van der Waals surface area contributed by atoms with E-state index in [-0.39, 0.29) is 11.0 Å². The van der Waals surface area contributed by atoms with E-state index in [1.807, 2.05) is 42.6 Å². The van der Waals surface area contributed by atoms with Gasteiger partial charge in [0.15, 0.2) is 0 Å². The number of anilines is 1. The minimum atomic E-state index is -0.465. The smallest absolute Gasteiger partial charge is 0.261 e. The van der Waals surface area contributed by atoms with Crippen molar-refractivity contribution in [3.05, 3.63) is 95.2 Å². The molecule has 6 nitrogen and oxygen atoms in total. The number of carbonyl (C=O) groups is 1. The molecule has 1 amide bonds. The van der Waals surface area contributed by atoms with Crippen LogP contribution in [0.25, 0.3) is 32.9 Å². The minimum absolute atomic E-state index is 0.0624. The Morgan fingerprint density at radius 1 is 0.966 bits per heavy atom. The first-order valence-corrected chi connectivity index (χ1v) is 9.14. The van der Waals surface area contributed by atoms with Gasteiger partial charge in [0.25, 0.3) is 5.91 Å². The maximum atomic E-state index is 13.0. The number of nitrogens with one attached hydrogen (secondary N) is 3. The Morgan fingerprint density at radius 2 is 1.86 bits per heavy atom. The second-order valence-electron chi connectivity index (χ2n) is 6.74. The number of H-pyrrole nitrogens is 2. The summed E-state index contributed by atoms with van der Waals surface area (Å²) in [6, 6.07) is 16.7. The molecular weight excluding hydrogens is 364 g/mol. The van der Waals surface area contributed by atoms with Crippen LogP contribution in [0.3, 0.4) is 0 Å². The van der Waals surface area contributed by atoms with Gasteiger partial charge in [-0.2, -0.15) is 0 Å². The summed E-state index contributed by atoms with van der Waals surface area (Å²) in [5.74, 6) is -0.465. The first kappa shape index (κ1) is 16.9. The predicted octanol–water partition coefficient (Wildman–Crippen LogP) is 4.32. The van der Waals surface area contributed by atoms with E-state index >= 15 is 0 Å². The molecule has 3 heterocycles. The fourth-order valence-corrected chi connectivity index (χ4v) is 3.49. The highest BCUT2D eigenvalue weighted by Gasteiger charge is 2.16. The molecule has 140 valence electrons. The van der Waals surface area contributed by atoms with Gasteiger partial charge in [-0.15, -0.1) is 0 Å². The van der Waals surface area contributed by atoms with Gasteiger partial charge in [-0.3, -0.25) is 14.6 Å². The van der Waals surface area contributed by atoms with Crippen LogP contribution in [0.2, 0.25) is 0 Å². The van der Waals surface area contributed by atoms with Crippen molar-refractivity contribution in [2.45, 2.75) is 0 Å². The lowest BCUT2D eigenvalue weighted by Crippen LogP contribution is -2.22. The Balaban J connectivity index is 1.61. The average Bonchev–Trinajstić information content (AvgIpc) is 3.21. The Kier molecular flexibility index (Phi) is 3.95. The molecule has 0 fully saturated rings. The lowest BCUT2D eigenvalue weighted by Gasteiger charge is -2.12. The minimum Gasteiger partial charge on any atom is -0.361 e. The molecule has 0 aliphatic heterocycles. The van der Waals surface area contributed by atoms with Crippen LogP contribution < -0.4 is 10.7 Å². The molecule has 0 radical (unpaired) electrons. The number of rotatable bonds is 3. The average molecular weight is 380 g/mol. The Labute approximate surface area is 165 Å². The lowest BCUT2D eigenvalue weighted by atomic mass is 10.0. The van der Waals surface area contributed by atoms with Crippen molar-refractivity contribution in [3.8, 4) is 11.1 Å². The molecule has 0 saturated heterocycles. The van der Waals surface area contributed by atoms with Crippen LogP contribution in [0.1, 0.15) is 10.4 Å². The van der Waals surface area contributed by atoms with Gasteiger partial charge in [-0.1, -0.05) is 18.2 Å². The predicted molar refractivity (Wildman–Crippen MR) is 114 cm³/mol. The second-order valence-corrected chi connectivity index (χ2v) is 6.74. The molecule has 29 heavy (non-hydrogen) atoms. The summed E-state index contributed by atoms with van der Waals surface area (Å²) in [5.41, 5.74) is 3.64. The molecule has 5 rings (SSSR count). The van der Waals surface area contributed by atoms with Gasteiger partial charge in [-0.05, 0) is 36.4 Å². The molecule has 0 aliphatic rings. The number of fused-ring (bicyclic) bond motifs is 2. The van der Waals surface area contributed by atoms with E-state index in [1.165, 1.54) is 6.20 Å². The number of hydrogen-bond donors (Lipinski definition) is 3. The van der Waals surface area contributed by atoms with Gasteiger partial charge in [-0.25, -0.2) is 0 Å². The van der Waals surface area contributed by atoms with Crippen LogP contribution in [0.4, 0.5) is 5.69 Å². The summed E-state index contributed by atoms with van der Waals surface area (Å²) in [6.45, 7) is 0. The van der Waals surface area contributed by atoms with Gasteiger partial charge in [0.1, 0.15) is 5.56 Å². The van der Waals surface area contributed by atoms with Gasteiger partial charge in [0.2, 0.25) is 5.43 Å². The van der Waals surface area contributed by atoms with E-state index in [0.29, 0.717) is 16.6 Å². The van der Waals surface area contributed by atoms with Crippen molar-refractivity contribution in [1.82, 2.24) is 15.0 Å². The number of amides is 1. The monoisotopic (exact) mass is 380 g/mol. The molecule has 2 aromatic carbocycles. The molecule has 0 bridgehead atoms. The number of hydrogen-bond acceptors (Lipinski definition) is 3. The second kappa shape index (κ2) is 6.76. The van der Waals surface area contributed by atoms with Crippen molar-refractivity contribution in [3.63, 3.8) is 0 Å². The summed E-state index contributed by atoms with van der Waals surface area (Å²) in [5, 5.41) is 4.40. The standard InChI is InChI=1S/C23H16N4O2/c28-22-16-5-1-2-6-19(16)26-13-18(22)23(29)27-21-11-20-14(7-9-25-20)10-17(21)15-4-3-8-24-12-15/h1-13,25H,(H,26,28)(H,27,29). The van der Waals surface area contributed by atoms with E-state index in [0.717, 1.165) is 22.0 Å². The summed E-state index contributed by atoms with van der Waals surface area (Å²) in [4.78, 5) is 36.1. The molecule has 0 atom stereocenters. The third-order valence-corrected chi connectivity index (χ3v) is 4.95. The zero-order valence-corrected chi connectivity index (χ0v) is 15.3. The third kappa shape index (κ3) is 2.96. The van der Waals surface area contributed by atoms with Crippen molar-refractivity contribution in [2.24, 2.45) is 0 Å². The maximum absolute atomic E-state index is 13.0. The normalized spacial score (nSPS) is 11.0. The van der Waals surface area contributed by atoms with Gasteiger partial charge in [0, 0.05) is 57.7 Å². The fourth-order valence-electron chi connectivity index (χ4n) is 3.49. The summed E-state index contributed by atoms with van der Waals surface area (Å²) in [6.07, 6.45) is 6.74. The SMILES string of the molecule is O=C(Nc1cc2[nH]ccc2cc1-c1cccnc1)c1c[nH]c2ccccc2c1=O. The topological polar surface area (TPSA) is 90.6 Å². The number of pyridine rings is 2. The quantitative estimate of drug-likeness (QED) is 0.435. The van der Waals surface area contributed by atoms with Crippen molar-refractivity contribution < 1.29 is 4.79 Å². The Morgan fingerprint density at radius 3 is 2.72 bits per heavy atom. The number of aromatic amines is 2. The number of aromatic nitrogens is 3. The molecule has 6 heteroatoms. The van der Waals surface area contributed by atoms with Crippen LogP contribution in [-0.4, -0.2) is 20.9 Å². The van der Waals surface area contributed by atoms with Crippen LogP contribution in [-0.2, 0) is 0 Å². The van der Waals surface area contributed by atoms with Crippen LogP contribution in [0, 0.1) is 0 Å². The molecule has 3 N–H and O–H groups in total. The Bertz CT molecular complexity index is 1420. The summed E-state index contributed by atoms with van der Waals surface area (Å²) < 4.78 is 0. The van der Waals surface area contributed by atoms with E-state index in [9.17, 15) is 9.59 Å². The number of para-hydroxylation sites is 1. The highest BCUT2D eigenvalue weighted by Crippen LogP contribution is 2.32. The van der Waals surface area contributed by atoms with Crippen LogP contribution >= 0.6 is 0 Å². The molecule has 0 unspecified atom stereocenters. The molecule has 3 aromatic heterocycles. The van der Waals surface area contributed by atoms with Crippen molar-refractivity contribution in [2.75, 3.05) is 5.32 Å². The maximum Gasteiger partial charge on any atom is 0.261 e. The Hall–Kier alpha value is -4.19. The lowest BCUT2D eigenvalue weighted by molar-refractivity contribution is 0.102.